The van der Waals surface area contributed by atoms with Crippen LogP contribution in [0.25, 0.3) is 11.5 Å². The highest BCUT2D eigenvalue weighted by atomic mass is 16.6. The van der Waals surface area contributed by atoms with Crippen molar-refractivity contribution in [1.29, 1.82) is 0 Å². The molecule has 1 heterocycles. The van der Waals surface area contributed by atoms with Crippen LogP contribution >= 0.6 is 0 Å². The molecule has 106 valence electrons. The second kappa shape index (κ2) is 6.22. The Bertz CT molecular complexity index is 581. The van der Waals surface area contributed by atoms with Crippen LogP contribution in [-0.2, 0) is 6.54 Å². The topological polar surface area (TPSA) is 106 Å². The number of aromatic nitrogens is 2. The quantitative estimate of drug-likeness (QED) is 0.622. The molecule has 0 radical (unpaired) electrons. The lowest BCUT2D eigenvalue weighted by Gasteiger charge is -2.11. The number of non-ortho nitro benzene ring substituents is 1. The Morgan fingerprint density at radius 1 is 1.35 bits per heavy atom. The van der Waals surface area contributed by atoms with Crippen molar-refractivity contribution >= 4 is 5.69 Å². The van der Waals surface area contributed by atoms with Gasteiger partial charge in [-0.3, -0.25) is 15.0 Å². The molecule has 0 spiro atoms. The molecule has 8 nitrogen and oxygen atoms in total. The van der Waals surface area contributed by atoms with Crippen LogP contribution in [0, 0.1) is 10.1 Å². The molecule has 0 saturated carbocycles. The number of nitro benzene ring substituents is 1. The van der Waals surface area contributed by atoms with Crippen molar-refractivity contribution in [1.82, 2.24) is 15.1 Å². The van der Waals surface area contributed by atoms with Crippen LogP contribution < -0.4 is 0 Å². The first-order valence-corrected chi connectivity index (χ1v) is 5.97. The molecule has 2 rings (SSSR count). The second-order valence-corrected chi connectivity index (χ2v) is 4.27. The van der Waals surface area contributed by atoms with E-state index in [9.17, 15) is 10.1 Å². The van der Waals surface area contributed by atoms with Gasteiger partial charge in [-0.05, 0) is 19.2 Å². The van der Waals surface area contributed by atoms with Gasteiger partial charge >= 0.3 is 0 Å². The van der Waals surface area contributed by atoms with Crippen molar-refractivity contribution in [2.45, 2.75) is 6.54 Å². The molecule has 0 bridgehead atoms. The summed E-state index contributed by atoms with van der Waals surface area (Å²) < 4.78 is 5.47. The van der Waals surface area contributed by atoms with E-state index in [0.717, 1.165) is 0 Å². The summed E-state index contributed by atoms with van der Waals surface area (Å²) >= 11 is 0. The van der Waals surface area contributed by atoms with Gasteiger partial charge in [-0.1, -0.05) is 0 Å². The predicted octanol–water partition coefficient (Wildman–Crippen LogP) is 1.07. The fourth-order valence-corrected chi connectivity index (χ4v) is 1.64. The molecule has 20 heavy (non-hydrogen) atoms. The summed E-state index contributed by atoms with van der Waals surface area (Å²) in [6.07, 6.45) is 0. The maximum atomic E-state index is 10.6. The van der Waals surface area contributed by atoms with E-state index in [-0.39, 0.29) is 12.3 Å². The van der Waals surface area contributed by atoms with Gasteiger partial charge in [0.2, 0.25) is 11.8 Å². The molecule has 1 N–H and O–H groups in total. The van der Waals surface area contributed by atoms with Crippen LogP contribution in [0.4, 0.5) is 5.69 Å². The highest BCUT2D eigenvalue weighted by Crippen LogP contribution is 2.21. The van der Waals surface area contributed by atoms with Gasteiger partial charge in [-0.15, -0.1) is 10.2 Å². The van der Waals surface area contributed by atoms with E-state index in [1.54, 1.807) is 12.1 Å². The summed E-state index contributed by atoms with van der Waals surface area (Å²) in [6, 6.07) is 5.90. The molecule has 0 aliphatic heterocycles. The number of hydrogen-bond donors (Lipinski definition) is 1. The van der Waals surface area contributed by atoms with E-state index >= 15 is 0 Å². The average molecular weight is 278 g/mol. The minimum atomic E-state index is -0.465. The van der Waals surface area contributed by atoms with E-state index in [1.165, 1.54) is 12.1 Å². The van der Waals surface area contributed by atoms with E-state index in [0.29, 0.717) is 30.4 Å². The summed E-state index contributed by atoms with van der Waals surface area (Å²) in [7, 11) is 1.83. The Kier molecular flexibility index (Phi) is 4.38. The number of aliphatic hydroxyl groups excluding tert-OH is 1. The minimum Gasteiger partial charge on any atom is -0.419 e. The van der Waals surface area contributed by atoms with Crippen LogP contribution in [0.3, 0.4) is 0 Å². The Morgan fingerprint density at radius 2 is 2.05 bits per heavy atom. The number of nitrogens with zero attached hydrogens (tertiary/aromatic N) is 4. The molecule has 0 aliphatic rings. The van der Waals surface area contributed by atoms with Gasteiger partial charge in [0.15, 0.2) is 0 Å². The molecular formula is C12H14N4O4. The normalized spacial score (nSPS) is 10.9. The number of nitro groups is 1. The van der Waals surface area contributed by atoms with E-state index in [1.807, 2.05) is 11.9 Å². The monoisotopic (exact) mass is 278 g/mol. The van der Waals surface area contributed by atoms with Crippen LogP contribution in [-0.4, -0.2) is 45.3 Å². The second-order valence-electron chi connectivity index (χ2n) is 4.27. The van der Waals surface area contributed by atoms with Crippen molar-refractivity contribution in [2.24, 2.45) is 0 Å². The van der Waals surface area contributed by atoms with Crippen LogP contribution in [0.1, 0.15) is 5.89 Å². The van der Waals surface area contributed by atoms with Crippen molar-refractivity contribution in [3.8, 4) is 11.5 Å². The fraction of sp³-hybridized carbons (Fsp3) is 0.333. The molecule has 8 heteroatoms. The highest BCUT2D eigenvalue weighted by Gasteiger charge is 2.12. The molecule has 1 aromatic carbocycles. The van der Waals surface area contributed by atoms with Crippen molar-refractivity contribution in [2.75, 3.05) is 20.2 Å². The zero-order valence-corrected chi connectivity index (χ0v) is 10.9. The van der Waals surface area contributed by atoms with Crippen molar-refractivity contribution in [3.63, 3.8) is 0 Å². The zero-order valence-electron chi connectivity index (χ0n) is 10.9. The van der Waals surface area contributed by atoms with Crippen LogP contribution in [0.2, 0.25) is 0 Å². The third-order valence-electron chi connectivity index (χ3n) is 2.68. The third-order valence-corrected chi connectivity index (χ3v) is 2.68. The van der Waals surface area contributed by atoms with E-state index < -0.39 is 4.92 Å². The molecular weight excluding hydrogens is 264 g/mol. The maximum Gasteiger partial charge on any atom is 0.269 e. The first kappa shape index (κ1) is 14.1. The maximum absolute atomic E-state index is 10.6. The smallest absolute Gasteiger partial charge is 0.269 e. The predicted molar refractivity (Wildman–Crippen MR) is 69.8 cm³/mol. The Morgan fingerprint density at radius 3 is 2.65 bits per heavy atom. The van der Waals surface area contributed by atoms with Gasteiger partial charge in [0.25, 0.3) is 5.69 Å². The number of likely N-dealkylation sites (N-methyl/N-ethyl adjacent to an activating group) is 1. The SMILES string of the molecule is CN(CCO)Cc1nnc(-c2ccc([N+](=O)[O-])cc2)o1. The number of aliphatic hydroxyl groups is 1. The van der Waals surface area contributed by atoms with Gasteiger partial charge < -0.3 is 9.52 Å². The van der Waals surface area contributed by atoms with Gasteiger partial charge in [-0.25, -0.2) is 0 Å². The lowest BCUT2D eigenvalue weighted by molar-refractivity contribution is -0.384. The minimum absolute atomic E-state index is 0.0103. The Labute approximate surface area is 114 Å². The summed E-state index contributed by atoms with van der Waals surface area (Å²) in [5.74, 6) is 0.738. The van der Waals surface area contributed by atoms with Crippen molar-refractivity contribution < 1.29 is 14.4 Å². The summed E-state index contributed by atoms with van der Waals surface area (Å²) in [5.41, 5.74) is 0.635. The lowest BCUT2D eigenvalue weighted by atomic mass is 10.2. The van der Waals surface area contributed by atoms with Crippen LogP contribution in [0.15, 0.2) is 28.7 Å². The number of hydrogen-bond acceptors (Lipinski definition) is 7. The summed E-state index contributed by atoms with van der Waals surface area (Å²) in [5, 5.41) is 27.2. The molecule has 0 amide bonds. The third kappa shape index (κ3) is 3.37. The largest absolute Gasteiger partial charge is 0.419 e. The lowest BCUT2D eigenvalue weighted by Crippen LogP contribution is -2.21. The molecule has 2 aromatic rings. The summed E-state index contributed by atoms with van der Waals surface area (Å²) in [4.78, 5) is 11.9. The van der Waals surface area contributed by atoms with Gasteiger partial charge in [0, 0.05) is 24.2 Å². The average Bonchev–Trinajstić information content (AvgIpc) is 2.87. The van der Waals surface area contributed by atoms with E-state index in [2.05, 4.69) is 10.2 Å². The molecule has 0 saturated heterocycles. The van der Waals surface area contributed by atoms with Crippen molar-refractivity contribution in [3.05, 3.63) is 40.3 Å². The zero-order chi connectivity index (χ0) is 14.5. The molecule has 0 unspecified atom stereocenters. The number of rotatable bonds is 6. The summed E-state index contributed by atoms with van der Waals surface area (Å²) in [6.45, 7) is 0.996. The first-order chi connectivity index (χ1) is 9.60. The Hall–Kier alpha value is -2.32. The fourth-order valence-electron chi connectivity index (χ4n) is 1.64. The highest BCUT2D eigenvalue weighted by molar-refractivity contribution is 5.55. The van der Waals surface area contributed by atoms with E-state index in [4.69, 9.17) is 9.52 Å². The standard InChI is InChI=1S/C12H14N4O4/c1-15(6-7-17)8-11-13-14-12(20-11)9-2-4-10(5-3-9)16(18)19/h2-5,17H,6-8H2,1H3. The first-order valence-electron chi connectivity index (χ1n) is 5.97. The van der Waals surface area contributed by atoms with Gasteiger partial charge in [0.05, 0.1) is 18.1 Å². The number of benzene rings is 1. The Balaban J connectivity index is 2.10. The molecule has 0 aliphatic carbocycles. The van der Waals surface area contributed by atoms with Crippen LogP contribution in [0.5, 0.6) is 0 Å². The van der Waals surface area contributed by atoms with Gasteiger partial charge in [0.1, 0.15) is 0 Å². The molecule has 0 atom stereocenters. The molecule has 0 fully saturated rings. The molecule has 1 aromatic heterocycles. The van der Waals surface area contributed by atoms with Gasteiger partial charge in [-0.2, -0.15) is 0 Å².